The van der Waals surface area contributed by atoms with Crippen LogP contribution < -0.4 is 0 Å². The second kappa shape index (κ2) is 31.3. The summed E-state index contributed by atoms with van der Waals surface area (Å²) in [6, 6.07) is 35.8. The molecule has 4 aromatic carbocycles. The summed E-state index contributed by atoms with van der Waals surface area (Å²) < 4.78 is 7.37. The van der Waals surface area contributed by atoms with Crippen LogP contribution in [0.5, 0.6) is 0 Å². The molecule has 0 N–H and O–H groups in total. The van der Waals surface area contributed by atoms with Gasteiger partial charge in [0.05, 0.1) is 47.6 Å². The van der Waals surface area contributed by atoms with Crippen LogP contribution in [0.4, 0.5) is 0 Å². The molecule has 6 aromatic rings. The van der Waals surface area contributed by atoms with E-state index in [1.807, 2.05) is 24.8 Å². The molecule has 2 atom stereocenters. The molecule has 6 rings (SSSR count). The summed E-state index contributed by atoms with van der Waals surface area (Å²) in [6.07, 6.45) is 39.6. The molecule has 0 saturated carbocycles. The van der Waals surface area contributed by atoms with Gasteiger partial charge >= 0.3 is 0 Å². The first-order valence-electron chi connectivity index (χ1n) is 27.7. The Morgan fingerprint density at radius 3 is 0.870 bits per heavy atom. The third-order valence-corrected chi connectivity index (χ3v) is 14.0. The van der Waals surface area contributed by atoms with Gasteiger partial charge < -0.3 is 4.74 Å². The molecule has 0 fully saturated rings. The SMILES string of the molecule is CCCCCCCCCc1ccc(-c2cnc(C(OC(c3ccc(CCCCCC)cc3)c3cnc(-c4ccc(CCCCCCCCC)cc4)cn3)c3ccc(CCCCCC)cc3)cn2)cc1. The van der Waals surface area contributed by atoms with E-state index in [0.29, 0.717) is 0 Å². The van der Waals surface area contributed by atoms with Crippen LogP contribution in [0.15, 0.2) is 122 Å². The molecule has 0 aliphatic carbocycles. The molecule has 0 bridgehead atoms. The first-order chi connectivity index (χ1) is 34.1. The zero-order chi connectivity index (χ0) is 48.1. The fourth-order valence-electron chi connectivity index (χ4n) is 9.51. The van der Waals surface area contributed by atoms with Gasteiger partial charge in [-0.1, -0.05) is 240 Å². The Hall–Kier alpha value is -5.00. The summed E-state index contributed by atoms with van der Waals surface area (Å²) in [5.74, 6) is 0. The van der Waals surface area contributed by atoms with Crippen LogP contribution in [0.1, 0.15) is 226 Å². The Labute approximate surface area is 418 Å². The predicted molar refractivity (Wildman–Crippen MR) is 292 cm³/mol. The topological polar surface area (TPSA) is 60.8 Å². The Balaban J connectivity index is 1.23. The maximum Gasteiger partial charge on any atom is 0.127 e. The molecule has 5 nitrogen and oxygen atoms in total. The van der Waals surface area contributed by atoms with E-state index in [1.165, 1.54) is 164 Å². The molecule has 2 aromatic heterocycles. The van der Waals surface area contributed by atoms with Crippen molar-refractivity contribution in [3.05, 3.63) is 167 Å². The lowest BCUT2D eigenvalue weighted by Crippen LogP contribution is -2.16. The minimum absolute atomic E-state index is 0.492. The summed E-state index contributed by atoms with van der Waals surface area (Å²) in [5.41, 5.74) is 13.0. The molecule has 0 radical (unpaired) electrons. The van der Waals surface area contributed by atoms with Gasteiger partial charge in [0.25, 0.3) is 0 Å². The zero-order valence-corrected chi connectivity index (χ0v) is 43.3. The van der Waals surface area contributed by atoms with Crippen molar-refractivity contribution in [1.82, 2.24) is 19.9 Å². The fraction of sp³-hybridized carbons (Fsp3) is 0.500. The van der Waals surface area contributed by atoms with Crippen LogP contribution in [0.25, 0.3) is 22.5 Å². The second-order valence-corrected chi connectivity index (χ2v) is 19.8. The number of hydrogen-bond acceptors (Lipinski definition) is 5. The van der Waals surface area contributed by atoms with Gasteiger partial charge in [-0.05, 0) is 84.7 Å². The van der Waals surface area contributed by atoms with E-state index >= 15 is 0 Å². The van der Waals surface area contributed by atoms with Gasteiger partial charge in [0.15, 0.2) is 0 Å². The van der Waals surface area contributed by atoms with Gasteiger partial charge in [0.2, 0.25) is 0 Å². The quantitative estimate of drug-likeness (QED) is 0.0377. The summed E-state index contributed by atoms with van der Waals surface area (Å²) in [6.45, 7) is 9.10. The summed E-state index contributed by atoms with van der Waals surface area (Å²) in [5, 5.41) is 0. The Kier molecular flexibility index (Phi) is 24.2. The number of benzene rings is 4. The average molecular weight is 927 g/mol. The van der Waals surface area contributed by atoms with Gasteiger partial charge in [-0.15, -0.1) is 0 Å². The molecule has 368 valence electrons. The zero-order valence-electron chi connectivity index (χ0n) is 43.3. The average Bonchev–Trinajstić information content (AvgIpc) is 3.40. The molecule has 0 aliphatic rings. The molecule has 2 heterocycles. The van der Waals surface area contributed by atoms with Crippen molar-refractivity contribution in [2.24, 2.45) is 0 Å². The molecule has 0 aliphatic heterocycles. The third-order valence-electron chi connectivity index (χ3n) is 14.0. The highest BCUT2D eigenvalue weighted by Crippen LogP contribution is 2.36. The summed E-state index contributed by atoms with van der Waals surface area (Å²) in [7, 11) is 0. The smallest absolute Gasteiger partial charge is 0.127 e. The van der Waals surface area contributed by atoms with Crippen molar-refractivity contribution in [1.29, 1.82) is 0 Å². The Morgan fingerprint density at radius 2 is 0.580 bits per heavy atom. The first kappa shape index (κ1) is 53.4. The van der Waals surface area contributed by atoms with Gasteiger partial charge in [-0.25, -0.2) is 0 Å². The number of nitrogens with zero attached hydrogens (tertiary/aromatic N) is 4. The molecule has 0 amide bonds. The number of hydrogen-bond donors (Lipinski definition) is 0. The molecule has 69 heavy (non-hydrogen) atoms. The number of aryl methyl sites for hydroxylation is 4. The number of unbranched alkanes of at least 4 members (excludes halogenated alkanes) is 18. The molecular weight excluding hydrogens is 841 g/mol. The van der Waals surface area contributed by atoms with Gasteiger partial charge in [0.1, 0.15) is 12.2 Å². The van der Waals surface area contributed by atoms with Gasteiger partial charge in [0, 0.05) is 11.1 Å². The number of rotatable bonds is 34. The summed E-state index contributed by atoms with van der Waals surface area (Å²) >= 11 is 0. The van der Waals surface area contributed by atoms with Gasteiger partial charge in [-0.2, -0.15) is 0 Å². The normalized spacial score (nSPS) is 12.3. The number of ether oxygens (including phenoxy) is 1. The van der Waals surface area contributed by atoms with E-state index in [4.69, 9.17) is 24.7 Å². The first-order valence-corrected chi connectivity index (χ1v) is 27.7. The van der Waals surface area contributed by atoms with Crippen LogP contribution in [0.2, 0.25) is 0 Å². The fourth-order valence-corrected chi connectivity index (χ4v) is 9.51. The largest absolute Gasteiger partial charge is 0.353 e. The lowest BCUT2D eigenvalue weighted by Gasteiger charge is -2.25. The molecule has 5 heteroatoms. The van der Waals surface area contributed by atoms with Crippen molar-refractivity contribution in [2.45, 2.75) is 207 Å². The van der Waals surface area contributed by atoms with E-state index in [1.54, 1.807) is 0 Å². The van der Waals surface area contributed by atoms with Crippen LogP contribution in [0.3, 0.4) is 0 Å². The van der Waals surface area contributed by atoms with Crippen LogP contribution >= 0.6 is 0 Å². The monoisotopic (exact) mass is 927 g/mol. The Morgan fingerprint density at radius 1 is 0.304 bits per heavy atom. The predicted octanol–water partition coefficient (Wildman–Crippen LogP) is 18.3. The van der Waals surface area contributed by atoms with Crippen LogP contribution in [0, 0.1) is 0 Å². The van der Waals surface area contributed by atoms with E-state index in [0.717, 1.165) is 70.7 Å². The van der Waals surface area contributed by atoms with E-state index < -0.39 is 12.2 Å². The summed E-state index contributed by atoms with van der Waals surface area (Å²) in [4.78, 5) is 20.3. The standard InChI is InChI=1S/C64H86N4O/c1-5-9-13-17-19-21-25-29-51-31-39-55(40-32-51)59-47-67-61(49-65-59)63(57-43-35-53(36-44-57)27-23-15-11-7-3)69-64(58-45-37-54(38-46-58)28-24-16-12-8-4)62-50-66-60(48-68-62)56-41-33-52(34-42-56)30-26-22-20-18-14-10-6-2/h31-50,63-64H,5-30H2,1-4H3. The highest BCUT2D eigenvalue weighted by Gasteiger charge is 2.26. The van der Waals surface area contributed by atoms with E-state index in [9.17, 15) is 0 Å². The van der Waals surface area contributed by atoms with Crippen molar-refractivity contribution >= 4 is 0 Å². The third kappa shape index (κ3) is 18.4. The van der Waals surface area contributed by atoms with Gasteiger partial charge in [-0.3, -0.25) is 19.9 Å². The van der Waals surface area contributed by atoms with E-state index in [2.05, 4.69) is 125 Å². The van der Waals surface area contributed by atoms with Crippen molar-refractivity contribution < 1.29 is 4.74 Å². The van der Waals surface area contributed by atoms with Crippen LogP contribution in [-0.4, -0.2) is 19.9 Å². The Bertz CT molecular complexity index is 2070. The van der Waals surface area contributed by atoms with Crippen molar-refractivity contribution in [2.75, 3.05) is 0 Å². The maximum atomic E-state index is 7.37. The molecule has 2 unspecified atom stereocenters. The molecular formula is C64H86N4O. The molecule has 0 saturated heterocycles. The highest BCUT2D eigenvalue weighted by atomic mass is 16.5. The highest BCUT2D eigenvalue weighted by molar-refractivity contribution is 5.59. The lowest BCUT2D eigenvalue weighted by molar-refractivity contribution is 0.0258. The molecule has 0 spiro atoms. The maximum absolute atomic E-state index is 7.37. The minimum Gasteiger partial charge on any atom is -0.353 e. The number of aromatic nitrogens is 4. The lowest BCUT2D eigenvalue weighted by atomic mass is 9.99. The second-order valence-electron chi connectivity index (χ2n) is 19.8. The van der Waals surface area contributed by atoms with Crippen LogP contribution in [-0.2, 0) is 30.4 Å². The van der Waals surface area contributed by atoms with E-state index in [-0.39, 0.29) is 0 Å². The minimum atomic E-state index is -0.492. The van der Waals surface area contributed by atoms with Crippen molar-refractivity contribution in [3.8, 4) is 22.5 Å². The van der Waals surface area contributed by atoms with Crippen molar-refractivity contribution in [3.63, 3.8) is 0 Å².